The predicted molar refractivity (Wildman–Crippen MR) is 135 cm³/mol. The van der Waals surface area contributed by atoms with Gasteiger partial charge in [-0.25, -0.2) is 9.97 Å². The molecule has 2 N–H and O–H groups in total. The van der Waals surface area contributed by atoms with Gasteiger partial charge in [0.2, 0.25) is 5.95 Å². The van der Waals surface area contributed by atoms with Crippen molar-refractivity contribution in [2.75, 3.05) is 32.0 Å². The molecule has 1 aromatic carbocycles. The second kappa shape index (κ2) is 11.1. The Morgan fingerprint density at radius 1 is 1.16 bits per heavy atom. The lowest BCUT2D eigenvalue weighted by Gasteiger charge is -2.19. The molecule has 32 heavy (non-hydrogen) atoms. The van der Waals surface area contributed by atoms with Crippen molar-refractivity contribution >= 4 is 62.6 Å². The van der Waals surface area contributed by atoms with Crippen molar-refractivity contribution < 1.29 is 9.53 Å². The van der Waals surface area contributed by atoms with E-state index in [1.165, 1.54) is 11.3 Å². The molecule has 0 unspecified atom stereocenters. The topological polar surface area (TPSA) is 81.3 Å². The van der Waals surface area contributed by atoms with E-state index in [1.807, 2.05) is 13.0 Å². The second-order valence-corrected chi connectivity index (χ2v) is 8.97. The highest BCUT2D eigenvalue weighted by atomic mass is 35.5. The average Bonchev–Trinajstić information content (AvgIpc) is 3.18. The fourth-order valence-electron chi connectivity index (χ4n) is 3.18. The lowest BCUT2D eigenvalue weighted by atomic mass is 10.1. The summed E-state index contributed by atoms with van der Waals surface area (Å²) >= 11 is 14.4. The van der Waals surface area contributed by atoms with Crippen LogP contribution >= 0.6 is 34.5 Å². The van der Waals surface area contributed by atoms with Crippen LogP contribution in [0.1, 0.15) is 32.1 Å². The van der Waals surface area contributed by atoms with E-state index < -0.39 is 0 Å². The number of carbonyl (C=O) groups is 1. The normalized spacial score (nSPS) is 11.7. The van der Waals surface area contributed by atoms with E-state index in [9.17, 15) is 4.79 Å². The number of thiophene rings is 1. The molecule has 0 aliphatic heterocycles. The Labute approximate surface area is 202 Å². The van der Waals surface area contributed by atoms with Gasteiger partial charge in [-0.2, -0.15) is 0 Å². The van der Waals surface area contributed by atoms with E-state index in [4.69, 9.17) is 33.7 Å². The van der Waals surface area contributed by atoms with Gasteiger partial charge in [-0.1, -0.05) is 44.0 Å². The molecule has 0 bridgehead atoms. The lowest BCUT2D eigenvalue weighted by Crippen LogP contribution is -2.27. The predicted octanol–water partition coefficient (Wildman–Crippen LogP) is 5.96. The molecule has 0 radical (unpaired) electrons. The number of nitrogens with two attached hydrogens (primary N) is 1. The van der Waals surface area contributed by atoms with Crippen LogP contribution in [-0.4, -0.2) is 46.9 Å². The highest BCUT2D eigenvalue weighted by Crippen LogP contribution is 2.40. The highest BCUT2D eigenvalue weighted by Gasteiger charge is 2.17. The minimum Gasteiger partial charge on any atom is -0.491 e. The summed E-state index contributed by atoms with van der Waals surface area (Å²) in [7, 11) is 0. The maximum absolute atomic E-state index is 11.6. The molecule has 0 fully saturated rings. The molecular formula is C23H26Cl2N4O2S. The number of allylic oxidation sites excluding steroid dienone is 1. The Bertz CT molecular complexity index is 1140. The quantitative estimate of drug-likeness (QED) is 0.351. The molecule has 0 spiro atoms. The van der Waals surface area contributed by atoms with E-state index in [-0.39, 0.29) is 11.7 Å². The molecule has 3 aromatic rings. The monoisotopic (exact) mass is 492 g/mol. The van der Waals surface area contributed by atoms with Crippen LogP contribution < -0.4 is 10.5 Å². The molecule has 2 aromatic heterocycles. The molecular weight excluding hydrogens is 467 g/mol. The number of fused-ring (bicyclic) bond motifs is 1. The Balaban J connectivity index is 1.99. The van der Waals surface area contributed by atoms with Crippen LogP contribution in [0.3, 0.4) is 0 Å². The summed E-state index contributed by atoms with van der Waals surface area (Å²) in [5, 5.41) is 1.67. The number of likely N-dealkylation sites (N-methyl/N-ethyl adjacent to an activating group) is 1. The zero-order valence-electron chi connectivity index (χ0n) is 18.3. The molecule has 6 nitrogen and oxygen atoms in total. The van der Waals surface area contributed by atoms with Gasteiger partial charge in [-0.15, -0.1) is 11.3 Å². The summed E-state index contributed by atoms with van der Waals surface area (Å²) in [6.07, 6.45) is 3.80. The Morgan fingerprint density at radius 3 is 2.59 bits per heavy atom. The van der Waals surface area contributed by atoms with Gasteiger partial charge in [0, 0.05) is 28.8 Å². The number of ketones is 1. The van der Waals surface area contributed by atoms with Gasteiger partial charge >= 0.3 is 0 Å². The number of halogens is 2. The van der Waals surface area contributed by atoms with E-state index in [0.29, 0.717) is 44.9 Å². The largest absolute Gasteiger partial charge is 0.491 e. The SMILES string of the molecule is CCC(=O)/C=C/c1cc2c(-c3cc(OCCN(CC)CC)c(Cl)cc3Cl)nc(N)nc2s1. The first-order valence-corrected chi connectivity index (χ1v) is 12.1. The molecule has 0 aliphatic carbocycles. The second-order valence-electron chi connectivity index (χ2n) is 7.09. The third kappa shape index (κ3) is 5.78. The van der Waals surface area contributed by atoms with Crippen LogP contribution in [0.4, 0.5) is 5.95 Å². The number of hydrogen-bond donors (Lipinski definition) is 1. The number of benzene rings is 1. The van der Waals surface area contributed by atoms with Gasteiger partial charge in [0.1, 0.15) is 17.2 Å². The number of ether oxygens (including phenoxy) is 1. The first-order valence-electron chi connectivity index (χ1n) is 10.5. The molecule has 170 valence electrons. The van der Waals surface area contributed by atoms with Crippen molar-refractivity contribution in [3.63, 3.8) is 0 Å². The van der Waals surface area contributed by atoms with Crippen LogP contribution in [0.25, 0.3) is 27.6 Å². The van der Waals surface area contributed by atoms with Crippen molar-refractivity contribution in [2.24, 2.45) is 0 Å². The molecule has 0 saturated heterocycles. The Hall–Kier alpha value is -2.19. The van der Waals surface area contributed by atoms with Crippen molar-refractivity contribution in [2.45, 2.75) is 27.2 Å². The van der Waals surface area contributed by atoms with Crippen LogP contribution in [0, 0.1) is 0 Å². The van der Waals surface area contributed by atoms with Gasteiger partial charge in [0.15, 0.2) is 5.78 Å². The summed E-state index contributed by atoms with van der Waals surface area (Å²) < 4.78 is 5.96. The minimum atomic E-state index is 0.0560. The summed E-state index contributed by atoms with van der Waals surface area (Å²) in [6, 6.07) is 5.38. The van der Waals surface area contributed by atoms with Crippen LogP contribution in [-0.2, 0) is 4.79 Å². The minimum absolute atomic E-state index is 0.0560. The van der Waals surface area contributed by atoms with Crippen LogP contribution in [0.15, 0.2) is 24.3 Å². The standard InChI is InChI=1S/C23H26Cl2N4O2S/c1-4-14(30)7-8-15-11-17-21(27-23(26)28-22(17)32-15)16-12-20(19(25)13-18(16)24)31-10-9-29(5-2)6-3/h7-8,11-13H,4-6,9-10H2,1-3H3,(H2,26,27,28)/b8-7+. The van der Waals surface area contributed by atoms with Gasteiger partial charge < -0.3 is 15.4 Å². The average molecular weight is 493 g/mol. The number of anilines is 1. The lowest BCUT2D eigenvalue weighted by molar-refractivity contribution is -0.114. The van der Waals surface area contributed by atoms with Crippen molar-refractivity contribution in [1.29, 1.82) is 0 Å². The smallest absolute Gasteiger partial charge is 0.221 e. The number of hydrogen-bond acceptors (Lipinski definition) is 7. The first-order chi connectivity index (χ1) is 15.4. The van der Waals surface area contributed by atoms with Crippen molar-refractivity contribution in [1.82, 2.24) is 14.9 Å². The molecule has 0 amide bonds. The van der Waals surface area contributed by atoms with Gasteiger partial charge in [-0.05, 0) is 43.4 Å². The Kier molecular flexibility index (Phi) is 8.48. The Morgan fingerprint density at radius 2 is 1.91 bits per heavy atom. The van der Waals surface area contributed by atoms with E-state index in [1.54, 1.807) is 24.3 Å². The number of aromatic nitrogens is 2. The molecule has 0 aliphatic rings. The third-order valence-electron chi connectivity index (χ3n) is 5.05. The van der Waals surface area contributed by atoms with Crippen molar-refractivity contribution in [3.05, 3.63) is 39.2 Å². The molecule has 2 heterocycles. The number of nitrogen functional groups attached to an aromatic ring is 1. The number of nitrogens with zero attached hydrogens (tertiary/aromatic N) is 3. The molecule has 0 saturated carbocycles. The summed E-state index contributed by atoms with van der Waals surface area (Å²) in [5.74, 6) is 0.734. The number of carbonyl (C=O) groups excluding carboxylic acids is 1. The molecule has 3 rings (SSSR count). The van der Waals surface area contributed by atoms with Crippen LogP contribution in [0.5, 0.6) is 5.75 Å². The third-order valence-corrected chi connectivity index (χ3v) is 6.65. The van der Waals surface area contributed by atoms with Crippen LogP contribution in [0.2, 0.25) is 10.0 Å². The zero-order valence-corrected chi connectivity index (χ0v) is 20.7. The maximum Gasteiger partial charge on any atom is 0.221 e. The summed E-state index contributed by atoms with van der Waals surface area (Å²) in [4.78, 5) is 24.3. The maximum atomic E-state index is 11.6. The fraction of sp³-hybridized carbons (Fsp3) is 0.348. The zero-order chi connectivity index (χ0) is 23.3. The van der Waals surface area contributed by atoms with Gasteiger partial charge in [0.05, 0.1) is 15.7 Å². The number of rotatable bonds is 10. The van der Waals surface area contributed by atoms with Gasteiger partial charge in [0.25, 0.3) is 0 Å². The highest BCUT2D eigenvalue weighted by molar-refractivity contribution is 7.19. The van der Waals surface area contributed by atoms with Gasteiger partial charge in [-0.3, -0.25) is 4.79 Å². The van der Waals surface area contributed by atoms with E-state index >= 15 is 0 Å². The summed E-state index contributed by atoms with van der Waals surface area (Å²) in [6.45, 7) is 9.26. The summed E-state index contributed by atoms with van der Waals surface area (Å²) in [5.41, 5.74) is 7.24. The van der Waals surface area contributed by atoms with E-state index in [0.717, 1.165) is 29.9 Å². The molecule has 0 atom stereocenters. The van der Waals surface area contributed by atoms with E-state index in [2.05, 4.69) is 28.7 Å². The molecule has 9 heteroatoms. The first kappa shape index (κ1) is 24.5. The fourth-order valence-corrected chi connectivity index (χ4v) is 4.65. The van der Waals surface area contributed by atoms with Crippen molar-refractivity contribution in [3.8, 4) is 17.0 Å².